The molecule has 6 nitrogen and oxygen atoms in total. The van der Waals surface area contributed by atoms with Crippen LogP contribution in [0.3, 0.4) is 0 Å². The lowest BCUT2D eigenvalue weighted by Gasteiger charge is -2.31. The maximum Gasteiger partial charge on any atom is 0.303 e. The molecule has 94 valence electrons. The maximum absolute atomic E-state index is 10.5. The van der Waals surface area contributed by atoms with E-state index in [9.17, 15) is 4.79 Å². The van der Waals surface area contributed by atoms with Gasteiger partial charge in [-0.25, -0.2) is 0 Å². The third kappa shape index (κ3) is 3.37. The summed E-state index contributed by atoms with van der Waals surface area (Å²) < 4.78 is 0. The fourth-order valence-electron chi connectivity index (χ4n) is 1.69. The van der Waals surface area contributed by atoms with E-state index in [1.807, 2.05) is 0 Å². The Labute approximate surface area is 104 Å². The number of nitrogens with zero attached hydrogens (tertiary/aromatic N) is 4. The summed E-state index contributed by atoms with van der Waals surface area (Å²) in [6, 6.07) is 0. The van der Waals surface area contributed by atoms with Crippen molar-refractivity contribution in [2.24, 2.45) is 0 Å². The predicted molar refractivity (Wildman–Crippen MR) is 65.6 cm³/mol. The number of carbonyl (C=O) groups is 1. The number of anilines is 1. The van der Waals surface area contributed by atoms with E-state index in [0.717, 1.165) is 36.3 Å². The van der Waals surface area contributed by atoms with Crippen LogP contribution in [-0.4, -0.2) is 59.4 Å². The summed E-state index contributed by atoms with van der Waals surface area (Å²) in [5.41, 5.74) is 0. The average molecular weight is 256 g/mol. The maximum atomic E-state index is 10.5. The highest BCUT2D eigenvalue weighted by molar-refractivity contribution is 7.15. The Bertz CT molecular complexity index is 387. The Balaban J connectivity index is 1.91. The highest BCUT2D eigenvalue weighted by atomic mass is 32.1. The van der Waals surface area contributed by atoms with Gasteiger partial charge in [-0.05, 0) is 7.05 Å². The minimum atomic E-state index is -0.790. The van der Waals surface area contributed by atoms with E-state index in [1.54, 1.807) is 0 Å². The van der Waals surface area contributed by atoms with Crippen LogP contribution in [0.1, 0.15) is 11.4 Å². The third-order valence-electron chi connectivity index (χ3n) is 2.78. The zero-order valence-electron chi connectivity index (χ0n) is 9.80. The molecule has 17 heavy (non-hydrogen) atoms. The number of likely N-dealkylation sites (N-methyl/N-ethyl adjacent to an activating group) is 1. The van der Waals surface area contributed by atoms with Crippen LogP contribution in [0.25, 0.3) is 0 Å². The molecule has 0 bridgehead atoms. The number of hydrogen-bond donors (Lipinski definition) is 1. The van der Waals surface area contributed by atoms with E-state index in [1.165, 1.54) is 11.3 Å². The van der Waals surface area contributed by atoms with Crippen molar-refractivity contribution in [3.8, 4) is 0 Å². The lowest BCUT2D eigenvalue weighted by Crippen LogP contribution is -2.44. The molecule has 2 rings (SSSR count). The molecular formula is C10H16N4O2S. The van der Waals surface area contributed by atoms with E-state index in [0.29, 0.717) is 6.42 Å². The van der Waals surface area contributed by atoms with E-state index in [2.05, 4.69) is 27.0 Å². The van der Waals surface area contributed by atoms with Crippen molar-refractivity contribution in [3.05, 3.63) is 5.01 Å². The molecule has 1 aromatic rings. The van der Waals surface area contributed by atoms with Gasteiger partial charge in [-0.1, -0.05) is 11.3 Å². The summed E-state index contributed by atoms with van der Waals surface area (Å²) in [6.45, 7) is 3.99. The number of aliphatic carboxylic acids is 1. The highest BCUT2D eigenvalue weighted by Gasteiger charge is 2.17. The fourth-order valence-corrected chi connectivity index (χ4v) is 2.58. The zero-order chi connectivity index (χ0) is 12.3. The van der Waals surface area contributed by atoms with Gasteiger partial charge in [0.2, 0.25) is 5.13 Å². The molecule has 0 atom stereocenters. The van der Waals surface area contributed by atoms with Gasteiger partial charge in [-0.2, -0.15) is 0 Å². The molecule has 1 saturated heterocycles. The standard InChI is InChI=1S/C10H16N4O2S/c1-13-4-6-14(7-5-13)10-12-11-8(17-10)2-3-9(15)16/h2-7H2,1H3,(H,15,16). The summed E-state index contributed by atoms with van der Waals surface area (Å²) in [7, 11) is 2.11. The summed E-state index contributed by atoms with van der Waals surface area (Å²) in [5, 5.41) is 18.5. The van der Waals surface area contributed by atoms with Gasteiger partial charge in [0.1, 0.15) is 5.01 Å². The van der Waals surface area contributed by atoms with Crippen LogP contribution in [-0.2, 0) is 11.2 Å². The molecule has 2 heterocycles. The van der Waals surface area contributed by atoms with E-state index >= 15 is 0 Å². The Hall–Kier alpha value is -1.21. The quantitative estimate of drug-likeness (QED) is 0.836. The summed E-state index contributed by atoms with van der Waals surface area (Å²) in [4.78, 5) is 14.9. The minimum Gasteiger partial charge on any atom is -0.481 e. The number of rotatable bonds is 4. The molecule has 1 N–H and O–H groups in total. The van der Waals surface area contributed by atoms with Gasteiger partial charge in [-0.3, -0.25) is 4.79 Å². The van der Waals surface area contributed by atoms with Gasteiger partial charge in [0.05, 0.1) is 6.42 Å². The first-order valence-corrected chi connectivity index (χ1v) is 6.44. The molecule has 0 amide bonds. The van der Waals surface area contributed by atoms with Crippen molar-refractivity contribution in [2.45, 2.75) is 12.8 Å². The molecular weight excluding hydrogens is 240 g/mol. The number of carboxylic acid groups (broad SMARTS) is 1. The third-order valence-corrected chi connectivity index (χ3v) is 3.83. The molecule has 0 spiro atoms. The van der Waals surface area contributed by atoms with Gasteiger partial charge >= 0.3 is 5.97 Å². The first kappa shape index (κ1) is 12.3. The van der Waals surface area contributed by atoms with Crippen LogP contribution in [0.2, 0.25) is 0 Å². The van der Waals surface area contributed by atoms with Gasteiger partial charge < -0.3 is 14.9 Å². The van der Waals surface area contributed by atoms with Gasteiger partial charge in [0.15, 0.2) is 0 Å². The van der Waals surface area contributed by atoms with Crippen molar-refractivity contribution < 1.29 is 9.90 Å². The van der Waals surface area contributed by atoms with E-state index < -0.39 is 5.97 Å². The average Bonchev–Trinajstić information content (AvgIpc) is 2.76. The fraction of sp³-hybridized carbons (Fsp3) is 0.700. The summed E-state index contributed by atoms with van der Waals surface area (Å²) >= 11 is 1.50. The predicted octanol–water partition coefficient (Wildman–Crippen LogP) is 0.307. The SMILES string of the molecule is CN1CCN(c2nnc(CCC(=O)O)s2)CC1. The second-order valence-corrected chi connectivity index (χ2v) is 5.20. The lowest BCUT2D eigenvalue weighted by atomic mass is 10.3. The Morgan fingerprint density at radius 3 is 2.71 bits per heavy atom. The van der Waals surface area contributed by atoms with Crippen molar-refractivity contribution >= 4 is 22.4 Å². The van der Waals surface area contributed by atoms with Crippen molar-refractivity contribution in [1.29, 1.82) is 0 Å². The normalized spacial score (nSPS) is 17.4. The monoisotopic (exact) mass is 256 g/mol. The van der Waals surface area contributed by atoms with Crippen LogP contribution < -0.4 is 4.90 Å². The molecule has 0 aliphatic carbocycles. The molecule has 1 aromatic heterocycles. The highest BCUT2D eigenvalue weighted by Crippen LogP contribution is 2.22. The van der Waals surface area contributed by atoms with Crippen molar-refractivity contribution in [3.63, 3.8) is 0 Å². The largest absolute Gasteiger partial charge is 0.481 e. The molecule has 1 aliphatic heterocycles. The lowest BCUT2D eigenvalue weighted by molar-refractivity contribution is -0.136. The number of hydrogen-bond acceptors (Lipinski definition) is 6. The van der Waals surface area contributed by atoms with E-state index in [-0.39, 0.29) is 6.42 Å². The Kier molecular flexibility index (Phi) is 3.90. The number of carboxylic acids is 1. The van der Waals surface area contributed by atoms with Crippen LogP contribution in [0.4, 0.5) is 5.13 Å². The first-order valence-electron chi connectivity index (χ1n) is 5.63. The summed E-state index contributed by atoms with van der Waals surface area (Å²) in [5.74, 6) is -0.790. The van der Waals surface area contributed by atoms with Gasteiger partial charge in [0.25, 0.3) is 0 Å². The first-order chi connectivity index (χ1) is 8.15. The van der Waals surface area contributed by atoms with E-state index in [4.69, 9.17) is 5.11 Å². The molecule has 0 unspecified atom stereocenters. The number of aryl methyl sites for hydroxylation is 1. The van der Waals surface area contributed by atoms with Crippen LogP contribution >= 0.6 is 11.3 Å². The molecule has 1 aliphatic rings. The minimum absolute atomic E-state index is 0.122. The second-order valence-electron chi connectivity index (χ2n) is 4.16. The Morgan fingerprint density at radius 2 is 2.06 bits per heavy atom. The zero-order valence-corrected chi connectivity index (χ0v) is 10.6. The Morgan fingerprint density at radius 1 is 1.35 bits per heavy atom. The van der Waals surface area contributed by atoms with Crippen LogP contribution in [0.5, 0.6) is 0 Å². The number of aromatic nitrogens is 2. The molecule has 0 aromatic carbocycles. The molecule has 0 saturated carbocycles. The summed E-state index contributed by atoms with van der Waals surface area (Å²) in [6.07, 6.45) is 0.595. The van der Waals surface area contributed by atoms with Crippen molar-refractivity contribution in [1.82, 2.24) is 15.1 Å². The molecule has 0 radical (unpaired) electrons. The second kappa shape index (κ2) is 5.42. The number of piperazine rings is 1. The van der Waals surface area contributed by atoms with Crippen LogP contribution in [0.15, 0.2) is 0 Å². The molecule has 1 fully saturated rings. The van der Waals surface area contributed by atoms with Gasteiger partial charge in [-0.15, -0.1) is 10.2 Å². The topological polar surface area (TPSA) is 69.6 Å². The van der Waals surface area contributed by atoms with Gasteiger partial charge in [0, 0.05) is 32.6 Å². The smallest absolute Gasteiger partial charge is 0.303 e. The van der Waals surface area contributed by atoms with Crippen LogP contribution in [0, 0.1) is 0 Å². The molecule has 7 heteroatoms. The van der Waals surface area contributed by atoms with Crippen molar-refractivity contribution in [2.75, 3.05) is 38.1 Å².